The fraction of sp³-hybridized carbons (Fsp3) is 0.308. The molecule has 10 heteroatoms. The van der Waals surface area contributed by atoms with Gasteiger partial charge < -0.3 is 19.3 Å². The van der Waals surface area contributed by atoms with Gasteiger partial charge in [-0.15, -0.1) is 0 Å². The van der Waals surface area contributed by atoms with Crippen molar-refractivity contribution in [2.24, 2.45) is 0 Å². The molecule has 1 fully saturated rings. The molecule has 9 nitrogen and oxygen atoms in total. The minimum atomic E-state index is -0.550. The van der Waals surface area contributed by atoms with Crippen molar-refractivity contribution in [1.29, 1.82) is 0 Å². The van der Waals surface area contributed by atoms with E-state index in [-0.39, 0.29) is 23.4 Å². The number of anilines is 2. The summed E-state index contributed by atoms with van der Waals surface area (Å²) >= 11 is 0. The number of hydrogen-bond donors (Lipinski definition) is 0. The van der Waals surface area contributed by atoms with E-state index in [1.807, 2.05) is 19.1 Å². The van der Waals surface area contributed by atoms with Crippen LogP contribution in [0.4, 0.5) is 21.6 Å². The van der Waals surface area contributed by atoms with Crippen LogP contribution in [0.3, 0.4) is 0 Å². The van der Waals surface area contributed by atoms with Crippen molar-refractivity contribution in [2.45, 2.75) is 32.4 Å². The average Bonchev–Trinajstić information content (AvgIpc) is 2.88. The Labute approximate surface area is 208 Å². The van der Waals surface area contributed by atoms with Crippen molar-refractivity contribution in [1.82, 2.24) is 9.88 Å². The van der Waals surface area contributed by atoms with Gasteiger partial charge in [-0.3, -0.25) is 14.9 Å². The van der Waals surface area contributed by atoms with E-state index in [1.54, 1.807) is 42.0 Å². The third-order valence-electron chi connectivity index (χ3n) is 6.17. The number of rotatable bonds is 8. The summed E-state index contributed by atoms with van der Waals surface area (Å²) in [5.74, 6) is 0.436. The van der Waals surface area contributed by atoms with Crippen molar-refractivity contribution < 1.29 is 23.6 Å². The second kappa shape index (κ2) is 10.7. The van der Waals surface area contributed by atoms with Gasteiger partial charge in [-0.05, 0) is 56.2 Å². The van der Waals surface area contributed by atoms with Crippen LogP contribution in [0.15, 0.2) is 60.8 Å². The Morgan fingerprint density at radius 1 is 1.22 bits per heavy atom. The van der Waals surface area contributed by atoms with Crippen LogP contribution in [0.2, 0.25) is 0 Å². The summed E-state index contributed by atoms with van der Waals surface area (Å²) in [7, 11) is 1.79. The predicted octanol–water partition coefficient (Wildman–Crippen LogP) is 4.87. The second-order valence-electron chi connectivity index (χ2n) is 8.52. The first-order valence-electron chi connectivity index (χ1n) is 11.6. The van der Waals surface area contributed by atoms with Crippen molar-refractivity contribution in [3.8, 4) is 11.5 Å². The number of hydrogen-bond acceptors (Lipinski definition) is 7. The Kier molecular flexibility index (Phi) is 7.44. The number of nitrogens with zero attached hydrogens (tertiary/aromatic N) is 4. The number of likely N-dealkylation sites (N-methyl/N-ethyl adjacent to an activating group) is 1. The monoisotopic (exact) mass is 494 g/mol. The van der Waals surface area contributed by atoms with Gasteiger partial charge in [0.15, 0.2) is 11.6 Å². The molecular formula is C26H27FN4O5. The first-order chi connectivity index (χ1) is 17.3. The highest BCUT2D eigenvalue weighted by atomic mass is 19.1. The summed E-state index contributed by atoms with van der Waals surface area (Å²) < 4.78 is 26.2. The maximum atomic E-state index is 14.9. The first-order valence-corrected chi connectivity index (χ1v) is 11.6. The van der Waals surface area contributed by atoms with E-state index in [9.17, 15) is 19.3 Å². The lowest BCUT2D eigenvalue weighted by Crippen LogP contribution is -2.51. The topological polar surface area (TPSA) is 98.0 Å². The Hall–Kier alpha value is -4.05. The summed E-state index contributed by atoms with van der Waals surface area (Å²) in [6.07, 6.45) is 1.40. The van der Waals surface area contributed by atoms with Crippen LogP contribution in [0.1, 0.15) is 19.4 Å². The van der Waals surface area contributed by atoms with Crippen LogP contribution < -0.4 is 9.64 Å². The molecule has 2 unspecified atom stereocenters. The summed E-state index contributed by atoms with van der Waals surface area (Å²) in [6, 6.07) is 14.7. The molecule has 0 aliphatic carbocycles. The fourth-order valence-corrected chi connectivity index (χ4v) is 4.06. The predicted molar refractivity (Wildman–Crippen MR) is 132 cm³/mol. The zero-order valence-electron chi connectivity index (χ0n) is 20.3. The molecule has 2 atom stereocenters. The molecule has 1 aromatic heterocycles. The normalized spacial score (nSPS) is 17.7. The molecule has 0 saturated carbocycles. The van der Waals surface area contributed by atoms with Gasteiger partial charge in [0.05, 0.1) is 17.6 Å². The van der Waals surface area contributed by atoms with E-state index in [0.29, 0.717) is 36.8 Å². The summed E-state index contributed by atoms with van der Waals surface area (Å²) in [5, 5.41) is 10.9. The van der Waals surface area contributed by atoms with Crippen LogP contribution in [0.25, 0.3) is 0 Å². The Bertz CT molecular complexity index is 1240. The maximum absolute atomic E-state index is 14.9. The van der Waals surface area contributed by atoms with Gasteiger partial charge >= 0.3 is 0 Å². The quantitative estimate of drug-likeness (QED) is 0.326. The molecule has 1 aliphatic rings. The highest BCUT2D eigenvalue weighted by molar-refractivity contribution is 5.81. The van der Waals surface area contributed by atoms with Crippen molar-refractivity contribution in [3.63, 3.8) is 0 Å². The van der Waals surface area contributed by atoms with Gasteiger partial charge in [0.2, 0.25) is 0 Å². The molecule has 1 aliphatic heterocycles. The van der Waals surface area contributed by atoms with E-state index >= 15 is 0 Å². The molecule has 4 rings (SSSR count). The number of carbonyl (C=O) groups excluding carboxylic acids is 1. The van der Waals surface area contributed by atoms with Crippen molar-refractivity contribution in [2.75, 3.05) is 25.1 Å². The molecule has 3 aromatic rings. The number of aromatic nitrogens is 1. The van der Waals surface area contributed by atoms with Gasteiger partial charge in [0.25, 0.3) is 11.6 Å². The molecule has 0 radical (unpaired) electrons. The summed E-state index contributed by atoms with van der Waals surface area (Å²) in [5.41, 5.74) is 1.44. The van der Waals surface area contributed by atoms with Crippen LogP contribution in [0.5, 0.6) is 11.5 Å². The maximum Gasteiger partial charge on any atom is 0.287 e. The highest BCUT2D eigenvalue weighted by Crippen LogP contribution is 2.31. The summed E-state index contributed by atoms with van der Waals surface area (Å²) in [4.78, 5) is 30.1. The van der Waals surface area contributed by atoms with Crippen molar-refractivity contribution >= 4 is 23.1 Å². The van der Waals surface area contributed by atoms with E-state index in [1.165, 1.54) is 30.5 Å². The fourth-order valence-electron chi connectivity index (χ4n) is 4.06. The van der Waals surface area contributed by atoms with Crippen LogP contribution in [-0.2, 0) is 16.0 Å². The molecule has 188 valence electrons. The number of nitro groups is 1. The molecule has 1 saturated heterocycles. The van der Waals surface area contributed by atoms with Gasteiger partial charge in [-0.1, -0.05) is 12.1 Å². The minimum absolute atomic E-state index is 0.0314. The number of benzene rings is 2. The van der Waals surface area contributed by atoms with Crippen LogP contribution >= 0.6 is 0 Å². The van der Waals surface area contributed by atoms with Gasteiger partial charge in [-0.25, -0.2) is 9.37 Å². The van der Waals surface area contributed by atoms with Gasteiger partial charge in [-0.2, -0.15) is 0 Å². The number of ether oxygens (including phenoxy) is 2. The van der Waals surface area contributed by atoms with E-state index in [4.69, 9.17) is 9.47 Å². The minimum Gasteiger partial charge on any atom is -0.454 e. The molecule has 2 heterocycles. The summed E-state index contributed by atoms with van der Waals surface area (Å²) in [6.45, 7) is 4.58. The lowest BCUT2D eigenvalue weighted by Gasteiger charge is -2.35. The van der Waals surface area contributed by atoms with E-state index < -0.39 is 16.8 Å². The average molecular weight is 495 g/mol. The lowest BCUT2D eigenvalue weighted by atomic mass is 10.0. The Balaban J connectivity index is 1.43. The number of pyridine rings is 1. The molecule has 36 heavy (non-hydrogen) atoms. The van der Waals surface area contributed by atoms with E-state index in [2.05, 4.69) is 4.98 Å². The molecule has 2 aromatic carbocycles. The third-order valence-corrected chi connectivity index (χ3v) is 6.17. The number of halogens is 1. The second-order valence-corrected chi connectivity index (χ2v) is 8.52. The standard InChI is InChI=1S/C26H27FN4O5/c1-4-30(25-12-8-20(15-28-25)31(33)34)19-7-11-24(23(27)14-19)36-22-9-5-18(6-10-22)13-21-16-35-17(2)26(32)29(21)3/h5-12,14-15,17,21H,4,13,16H2,1-3H3. The zero-order valence-corrected chi connectivity index (χ0v) is 20.3. The zero-order chi connectivity index (χ0) is 25.8. The molecule has 0 bridgehead atoms. The largest absolute Gasteiger partial charge is 0.454 e. The first kappa shape index (κ1) is 25.1. The molecule has 0 N–H and O–H groups in total. The number of amides is 1. The smallest absolute Gasteiger partial charge is 0.287 e. The van der Waals surface area contributed by atoms with Gasteiger partial charge in [0.1, 0.15) is 23.9 Å². The molecular weight excluding hydrogens is 467 g/mol. The van der Waals surface area contributed by atoms with Crippen LogP contribution in [-0.4, -0.2) is 53.1 Å². The van der Waals surface area contributed by atoms with Crippen molar-refractivity contribution in [3.05, 3.63) is 82.3 Å². The third kappa shape index (κ3) is 5.44. The van der Waals surface area contributed by atoms with Gasteiger partial charge in [0, 0.05) is 31.4 Å². The SMILES string of the molecule is CCN(c1ccc(Oc2ccc(CC3COC(C)C(=O)N3C)cc2)c(F)c1)c1ccc([N+](=O)[O-])cn1. The lowest BCUT2D eigenvalue weighted by molar-refractivity contribution is -0.385. The molecule has 1 amide bonds. The Morgan fingerprint density at radius 2 is 1.97 bits per heavy atom. The number of carbonyl (C=O) groups is 1. The van der Waals surface area contributed by atoms with E-state index in [0.717, 1.165) is 5.56 Å². The number of morpholine rings is 1. The molecule has 0 spiro atoms. The highest BCUT2D eigenvalue weighted by Gasteiger charge is 2.30. The van der Waals surface area contributed by atoms with Crippen LogP contribution in [0, 0.1) is 15.9 Å². The Morgan fingerprint density at radius 3 is 2.58 bits per heavy atom.